The average molecular weight is 276 g/mol. The summed E-state index contributed by atoms with van der Waals surface area (Å²) in [5.74, 6) is 0.469. The van der Waals surface area contributed by atoms with Crippen LogP contribution in [0.15, 0.2) is 23.2 Å². The van der Waals surface area contributed by atoms with Gasteiger partial charge in [-0.15, -0.1) is 0 Å². The molecule has 110 valence electrons. The van der Waals surface area contributed by atoms with Crippen LogP contribution in [-0.4, -0.2) is 39.8 Å². The number of hydrogen-bond acceptors (Lipinski definition) is 3. The Morgan fingerprint density at radius 1 is 1.50 bits per heavy atom. The first-order valence-corrected chi connectivity index (χ1v) is 7.06. The van der Waals surface area contributed by atoms with Crippen molar-refractivity contribution in [3.8, 4) is 0 Å². The van der Waals surface area contributed by atoms with E-state index < -0.39 is 0 Å². The van der Waals surface area contributed by atoms with Crippen molar-refractivity contribution in [2.24, 2.45) is 10.7 Å². The molecule has 2 rings (SSSR count). The Kier molecular flexibility index (Phi) is 5.24. The van der Waals surface area contributed by atoms with Gasteiger partial charge in [0.05, 0.1) is 13.2 Å². The number of aliphatic imine (C=N–C) groups is 1. The second-order valence-corrected chi connectivity index (χ2v) is 5.11. The summed E-state index contributed by atoms with van der Waals surface area (Å²) in [6.45, 7) is 3.06. The summed E-state index contributed by atoms with van der Waals surface area (Å²) in [5.41, 5.74) is 9.76. The molecular formula is C15H24N4O. The molecule has 0 amide bonds. The van der Waals surface area contributed by atoms with Crippen molar-refractivity contribution >= 4 is 11.6 Å². The van der Waals surface area contributed by atoms with Crippen molar-refractivity contribution < 1.29 is 4.74 Å². The van der Waals surface area contributed by atoms with Gasteiger partial charge in [-0.05, 0) is 30.0 Å². The lowest BCUT2D eigenvalue weighted by atomic mass is 10.00. The maximum atomic E-state index is 5.80. The predicted octanol–water partition coefficient (Wildman–Crippen LogP) is 1.12. The van der Waals surface area contributed by atoms with Crippen LogP contribution in [0.4, 0.5) is 5.69 Å². The van der Waals surface area contributed by atoms with Crippen LogP contribution in [0, 0.1) is 0 Å². The molecule has 5 nitrogen and oxygen atoms in total. The van der Waals surface area contributed by atoms with E-state index in [1.807, 2.05) is 0 Å². The molecule has 0 aliphatic carbocycles. The minimum Gasteiger partial charge on any atom is -0.383 e. The molecule has 1 aliphatic rings. The van der Waals surface area contributed by atoms with E-state index in [-0.39, 0.29) is 0 Å². The Morgan fingerprint density at radius 2 is 2.35 bits per heavy atom. The van der Waals surface area contributed by atoms with Gasteiger partial charge in [0.1, 0.15) is 0 Å². The largest absolute Gasteiger partial charge is 0.383 e. The number of fused-ring (bicyclic) bond motifs is 1. The number of benzene rings is 1. The summed E-state index contributed by atoms with van der Waals surface area (Å²) in [5, 5.41) is 3.02. The molecule has 1 aromatic rings. The number of nitrogens with zero attached hydrogens (tertiary/aromatic N) is 2. The van der Waals surface area contributed by atoms with Gasteiger partial charge in [-0.2, -0.15) is 0 Å². The quantitative estimate of drug-likeness (QED) is 0.480. The van der Waals surface area contributed by atoms with Crippen LogP contribution in [0.3, 0.4) is 0 Å². The number of ether oxygens (including phenoxy) is 1. The predicted molar refractivity (Wildman–Crippen MR) is 83.2 cm³/mol. The van der Waals surface area contributed by atoms with E-state index in [1.165, 1.54) is 23.2 Å². The van der Waals surface area contributed by atoms with Crippen LogP contribution >= 0.6 is 0 Å². The first-order valence-electron chi connectivity index (χ1n) is 7.06. The molecule has 0 fully saturated rings. The maximum Gasteiger partial charge on any atom is 0.188 e. The Hall–Kier alpha value is -1.75. The zero-order chi connectivity index (χ0) is 14.4. The fourth-order valence-electron chi connectivity index (χ4n) is 2.45. The highest BCUT2D eigenvalue weighted by molar-refractivity contribution is 5.77. The Bertz CT molecular complexity index is 473. The van der Waals surface area contributed by atoms with E-state index in [2.05, 4.69) is 40.5 Å². The van der Waals surface area contributed by atoms with Crippen LogP contribution in [0.1, 0.15) is 17.5 Å². The van der Waals surface area contributed by atoms with Crippen molar-refractivity contribution in [3.05, 3.63) is 29.3 Å². The van der Waals surface area contributed by atoms with Gasteiger partial charge in [0.25, 0.3) is 0 Å². The molecule has 0 radical (unpaired) electrons. The Labute approximate surface area is 120 Å². The third-order valence-electron chi connectivity index (χ3n) is 3.54. The summed E-state index contributed by atoms with van der Waals surface area (Å²) in [6, 6.07) is 6.57. The van der Waals surface area contributed by atoms with E-state index in [0.717, 1.165) is 13.0 Å². The number of hydrogen-bond donors (Lipinski definition) is 2. The molecule has 20 heavy (non-hydrogen) atoms. The van der Waals surface area contributed by atoms with Gasteiger partial charge in [-0.1, -0.05) is 12.1 Å². The molecule has 1 aliphatic heterocycles. The first-order chi connectivity index (χ1) is 9.70. The van der Waals surface area contributed by atoms with Crippen molar-refractivity contribution in [1.82, 2.24) is 5.32 Å². The van der Waals surface area contributed by atoms with Crippen LogP contribution in [0.5, 0.6) is 0 Å². The summed E-state index contributed by atoms with van der Waals surface area (Å²) in [4.78, 5) is 6.66. The van der Waals surface area contributed by atoms with E-state index in [4.69, 9.17) is 10.5 Å². The van der Waals surface area contributed by atoms with Crippen LogP contribution < -0.4 is 16.0 Å². The van der Waals surface area contributed by atoms with E-state index in [1.54, 1.807) is 7.11 Å². The van der Waals surface area contributed by atoms with Crippen molar-refractivity contribution in [2.45, 2.75) is 19.4 Å². The topological polar surface area (TPSA) is 62.9 Å². The molecule has 0 bridgehead atoms. The SMILES string of the molecule is COCCNC(N)=NCc1ccc2c(c1)CCCN2C. The third kappa shape index (κ3) is 3.87. The number of aryl methyl sites for hydroxylation is 1. The van der Waals surface area contributed by atoms with Crippen molar-refractivity contribution in [2.75, 3.05) is 38.8 Å². The summed E-state index contributed by atoms with van der Waals surface area (Å²) in [7, 11) is 3.81. The fourth-order valence-corrected chi connectivity index (χ4v) is 2.45. The zero-order valence-corrected chi connectivity index (χ0v) is 12.4. The fraction of sp³-hybridized carbons (Fsp3) is 0.533. The van der Waals surface area contributed by atoms with Crippen molar-refractivity contribution in [3.63, 3.8) is 0 Å². The number of guanidine groups is 1. The lowest BCUT2D eigenvalue weighted by Crippen LogP contribution is -2.34. The van der Waals surface area contributed by atoms with Gasteiger partial charge in [0, 0.05) is 32.9 Å². The summed E-state index contributed by atoms with van der Waals surface area (Å²) < 4.78 is 4.95. The van der Waals surface area contributed by atoms with E-state index in [9.17, 15) is 0 Å². The van der Waals surface area contributed by atoms with Crippen molar-refractivity contribution in [1.29, 1.82) is 0 Å². The molecular weight excluding hydrogens is 252 g/mol. The number of rotatable bonds is 5. The molecule has 0 unspecified atom stereocenters. The maximum absolute atomic E-state index is 5.80. The van der Waals surface area contributed by atoms with E-state index in [0.29, 0.717) is 25.7 Å². The number of nitrogens with one attached hydrogen (secondary N) is 1. The monoisotopic (exact) mass is 276 g/mol. The number of methoxy groups -OCH3 is 1. The highest BCUT2D eigenvalue weighted by atomic mass is 16.5. The first kappa shape index (κ1) is 14.7. The minimum atomic E-state index is 0.469. The highest BCUT2D eigenvalue weighted by Crippen LogP contribution is 2.26. The molecule has 1 aromatic carbocycles. The van der Waals surface area contributed by atoms with Gasteiger partial charge in [0.2, 0.25) is 0 Å². The van der Waals surface area contributed by atoms with E-state index >= 15 is 0 Å². The number of nitrogens with two attached hydrogens (primary N) is 1. The second-order valence-electron chi connectivity index (χ2n) is 5.11. The van der Waals surface area contributed by atoms with Gasteiger partial charge < -0.3 is 20.7 Å². The molecule has 3 N–H and O–H groups in total. The van der Waals surface area contributed by atoms with Gasteiger partial charge >= 0.3 is 0 Å². The Balaban J connectivity index is 1.95. The number of anilines is 1. The van der Waals surface area contributed by atoms with Gasteiger partial charge in [-0.3, -0.25) is 0 Å². The van der Waals surface area contributed by atoms with Crippen LogP contribution in [0.25, 0.3) is 0 Å². The normalized spacial score (nSPS) is 15.1. The molecule has 0 saturated heterocycles. The lowest BCUT2D eigenvalue weighted by Gasteiger charge is -2.27. The lowest BCUT2D eigenvalue weighted by molar-refractivity contribution is 0.204. The minimum absolute atomic E-state index is 0.469. The molecule has 0 saturated carbocycles. The standard InChI is InChI=1S/C15H24N4O/c1-19-8-3-4-13-10-12(5-6-14(13)19)11-18-15(16)17-7-9-20-2/h5-6,10H,3-4,7-9,11H2,1-2H3,(H3,16,17,18). The smallest absolute Gasteiger partial charge is 0.188 e. The summed E-state index contributed by atoms with van der Waals surface area (Å²) in [6.07, 6.45) is 2.37. The Morgan fingerprint density at radius 3 is 3.15 bits per heavy atom. The van der Waals surface area contributed by atoms with Crippen LogP contribution in [0.2, 0.25) is 0 Å². The molecule has 0 aromatic heterocycles. The molecule has 5 heteroatoms. The summed E-state index contributed by atoms with van der Waals surface area (Å²) >= 11 is 0. The molecule has 0 atom stereocenters. The highest BCUT2D eigenvalue weighted by Gasteiger charge is 2.13. The average Bonchev–Trinajstić information content (AvgIpc) is 2.45. The third-order valence-corrected chi connectivity index (χ3v) is 3.54. The zero-order valence-electron chi connectivity index (χ0n) is 12.4. The molecule has 1 heterocycles. The van der Waals surface area contributed by atoms with Crippen LogP contribution in [-0.2, 0) is 17.7 Å². The molecule has 0 spiro atoms. The second kappa shape index (κ2) is 7.14. The van der Waals surface area contributed by atoms with Gasteiger partial charge in [0.15, 0.2) is 5.96 Å². The van der Waals surface area contributed by atoms with Gasteiger partial charge in [-0.25, -0.2) is 4.99 Å².